The second kappa shape index (κ2) is 5.80. The van der Waals surface area contributed by atoms with E-state index in [9.17, 15) is 0 Å². The van der Waals surface area contributed by atoms with Crippen LogP contribution in [0.4, 0.5) is 5.69 Å². The molecule has 1 N–H and O–H groups in total. The molecule has 2 rings (SSSR count). The van der Waals surface area contributed by atoms with Gasteiger partial charge in [0.15, 0.2) is 6.29 Å². The molecule has 18 heavy (non-hydrogen) atoms. The van der Waals surface area contributed by atoms with Gasteiger partial charge in [0.1, 0.15) is 0 Å². The summed E-state index contributed by atoms with van der Waals surface area (Å²) < 4.78 is 10.5. The second-order valence-corrected chi connectivity index (χ2v) is 4.15. The van der Waals surface area contributed by atoms with Gasteiger partial charge in [-0.1, -0.05) is 6.07 Å². The molecule has 0 aliphatic rings. The van der Waals surface area contributed by atoms with Crippen LogP contribution in [0.15, 0.2) is 36.5 Å². The lowest BCUT2D eigenvalue weighted by atomic mass is 10.1. The number of rotatable bonds is 5. The van der Waals surface area contributed by atoms with Crippen LogP contribution in [0.5, 0.6) is 0 Å². The van der Waals surface area contributed by atoms with Crippen molar-refractivity contribution in [2.75, 3.05) is 19.5 Å². The summed E-state index contributed by atoms with van der Waals surface area (Å²) in [4.78, 5) is 4.33. The first-order valence-electron chi connectivity index (χ1n) is 5.92. The molecule has 4 heteroatoms. The van der Waals surface area contributed by atoms with E-state index in [-0.39, 0.29) is 12.3 Å². The SMILES string of the molecule is COC(OC)C(C)Nc1cccc2ncccc12. The van der Waals surface area contributed by atoms with Crippen molar-refractivity contribution in [1.82, 2.24) is 4.98 Å². The van der Waals surface area contributed by atoms with Crippen molar-refractivity contribution in [3.63, 3.8) is 0 Å². The lowest BCUT2D eigenvalue weighted by Crippen LogP contribution is -2.33. The van der Waals surface area contributed by atoms with Crippen molar-refractivity contribution in [1.29, 1.82) is 0 Å². The molecule has 1 atom stereocenters. The van der Waals surface area contributed by atoms with Crippen LogP contribution in [0.3, 0.4) is 0 Å². The number of benzene rings is 1. The zero-order valence-corrected chi connectivity index (χ0v) is 10.9. The minimum Gasteiger partial charge on any atom is -0.377 e. The second-order valence-electron chi connectivity index (χ2n) is 4.15. The highest BCUT2D eigenvalue weighted by Gasteiger charge is 2.16. The number of nitrogens with one attached hydrogen (secondary N) is 1. The molecule has 1 unspecified atom stereocenters. The van der Waals surface area contributed by atoms with E-state index in [1.807, 2.05) is 37.3 Å². The zero-order valence-electron chi connectivity index (χ0n) is 10.9. The molecule has 1 heterocycles. The van der Waals surface area contributed by atoms with Gasteiger partial charge in [-0.05, 0) is 31.2 Å². The zero-order chi connectivity index (χ0) is 13.0. The van der Waals surface area contributed by atoms with Crippen molar-refractivity contribution in [2.24, 2.45) is 0 Å². The van der Waals surface area contributed by atoms with Crippen LogP contribution in [0.1, 0.15) is 6.92 Å². The van der Waals surface area contributed by atoms with E-state index in [0.717, 1.165) is 16.6 Å². The number of aromatic nitrogens is 1. The Bertz CT molecular complexity index is 507. The molecule has 0 saturated heterocycles. The van der Waals surface area contributed by atoms with E-state index < -0.39 is 0 Å². The molecule has 4 nitrogen and oxygen atoms in total. The number of methoxy groups -OCH3 is 2. The predicted molar refractivity (Wildman–Crippen MR) is 72.6 cm³/mol. The van der Waals surface area contributed by atoms with Gasteiger partial charge in [-0.25, -0.2) is 0 Å². The van der Waals surface area contributed by atoms with E-state index in [4.69, 9.17) is 9.47 Å². The molecule has 96 valence electrons. The Kier molecular flexibility index (Phi) is 4.12. The number of nitrogens with zero attached hydrogens (tertiary/aromatic N) is 1. The summed E-state index contributed by atoms with van der Waals surface area (Å²) in [7, 11) is 3.27. The average molecular weight is 246 g/mol. The van der Waals surface area contributed by atoms with E-state index in [0.29, 0.717) is 0 Å². The van der Waals surface area contributed by atoms with Gasteiger partial charge in [-0.2, -0.15) is 0 Å². The molecule has 1 aromatic heterocycles. The van der Waals surface area contributed by atoms with Gasteiger partial charge in [0.25, 0.3) is 0 Å². The fourth-order valence-electron chi connectivity index (χ4n) is 2.05. The monoisotopic (exact) mass is 246 g/mol. The molecule has 0 saturated carbocycles. The predicted octanol–water partition coefficient (Wildman–Crippen LogP) is 2.65. The molecule has 0 aliphatic heterocycles. The van der Waals surface area contributed by atoms with E-state index >= 15 is 0 Å². The number of anilines is 1. The maximum Gasteiger partial charge on any atom is 0.176 e. The fourth-order valence-corrected chi connectivity index (χ4v) is 2.05. The van der Waals surface area contributed by atoms with E-state index in [2.05, 4.69) is 10.3 Å². The summed E-state index contributed by atoms with van der Waals surface area (Å²) in [6.45, 7) is 2.02. The van der Waals surface area contributed by atoms with Crippen molar-refractivity contribution in [2.45, 2.75) is 19.3 Å². The lowest BCUT2D eigenvalue weighted by Gasteiger charge is -2.23. The van der Waals surface area contributed by atoms with Crippen LogP contribution in [0.2, 0.25) is 0 Å². The van der Waals surface area contributed by atoms with Crippen molar-refractivity contribution >= 4 is 16.6 Å². The minimum absolute atomic E-state index is 0.0470. The highest BCUT2D eigenvalue weighted by atomic mass is 16.7. The largest absolute Gasteiger partial charge is 0.377 e. The molecule has 2 aromatic rings. The van der Waals surface area contributed by atoms with Crippen molar-refractivity contribution in [3.05, 3.63) is 36.5 Å². The minimum atomic E-state index is -0.281. The number of ether oxygens (including phenoxy) is 2. The van der Waals surface area contributed by atoms with Gasteiger partial charge in [-0.3, -0.25) is 4.98 Å². The van der Waals surface area contributed by atoms with Crippen LogP contribution >= 0.6 is 0 Å². The number of hydrogen-bond donors (Lipinski definition) is 1. The van der Waals surface area contributed by atoms with Crippen molar-refractivity contribution < 1.29 is 9.47 Å². The summed E-state index contributed by atoms with van der Waals surface area (Å²) in [6, 6.07) is 10.0. The molecule has 0 aliphatic carbocycles. The van der Waals surface area contributed by atoms with Gasteiger partial charge in [-0.15, -0.1) is 0 Å². The summed E-state index contributed by atoms with van der Waals surface area (Å²) in [5, 5.41) is 4.49. The van der Waals surface area contributed by atoms with Crippen molar-refractivity contribution in [3.8, 4) is 0 Å². The normalized spacial score (nSPS) is 12.9. The van der Waals surface area contributed by atoms with Crippen LogP contribution in [-0.4, -0.2) is 31.5 Å². The van der Waals surface area contributed by atoms with Gasteiger partial charge in [0.05, 0.1) is 11.6 Å². The number of pyridine rings is 1. The fraction of sp³-hybridized carbons (Fsp3) is 0.357. The molecule has 0 amide bonds. The Morgan fingerprint density at radius 2 is 1.89 bits per heavy atom. The number of hydrogen-bond acceptors (Lipinski definition) is 4. The van der Waals surface area contributed by atoms with Gasteiger partial charge < -0.3 is 14.8 Å². The van der Waals surface area contributed by atoms with Gasteiger partial charge >= 0.3 is 0 Å². The lowest BCUT2D eigenvalue weighted by molar-refractivity contribution is -0.109. The molecule has 0 spiro atoms. The standard InChI is InChI=1S/C14H18N2O2/c1-10(14(17-2)18-3)16-13-8-4-7-12-11(13)6-5-9-15-12/h4-10,14,16H,1-3H3. The molecule has 0 bridgehead atoms. The van der Waals surface area contributed by atoms with Crippen LogP contribution < -0.4 is 5.32 Å². The highest BCUT2D eigenvalue weighted by molar-refractivity contribution is 5.91. The third kappa shape index (κ3) is 2.60. The Labute approximate surface area is 107 Å². The van der Waals surface area contributed by atoms with Gasteiger partial charge in [0, 0.05) is 31.5 Å². The summed E-state index contributed by atoms with van der Waals surface area (Å²) in [5.41, 5.74) is 2.01. The maximum absolute atomic E-state index is 5.25. The molecular formula is C14H18N2O2. The number of fused-ring (bicyclic) bond motifs is 1. The van der Waals surface area contributed by atoms with Crippen LogP contribution in [0, 0.1) is 0 Å². The quantitative estimate of drug-likeness (QED) is 0.824. The summed E-state index contributed by atoms with van der Waals surface area (Å²) >= 11 is 0. The molecule has 1 aromatic carbocycles. The smallest absolute Gasteiger partial charge is 0.176 e. The highest BCUT2D eigenvalue weighted by Crippen LogP contribution is 2.22. The maximum atomic E-state index is 5.25. The van der Waals surface area contributed by atoms with E-state index in [1.165, 1.54) is 0 Å². The first-order valence-corrected chi connectivity index (χ1v) is 5.92. The molecular weight excluding hydrogens is 228 g/mol. The first kappa shape index (κ1) is 12.8. The van der Waals surface area contributed by atoms with Crippen LogP contribution in [0.25, 0.3) is 10.9 Å². The Morgan fingerprint density at radius 1 is 1.11 bits per heavy atom. The topological polar surface area (TPSA) is 43.4 Å². The molecule has 0 radical (unpaired) electrons. The third-order valence-corrected chi connectivity index (χ3v) is 2.90. The Morgan fingerprint density at radius 3 is 2.61 bits per heavy atom. The Balaban J connectivity index is 2.26. The first-order chi connectivity index (χ1) is 8.76. The summed E-state index contributed by atoms with van der Waals surface area (Å²) in [5.74, 6) is 0. The summed E-state index contributed by atoms with van der Waals surface area (Å²) in [6.07, 6.45) is 1.51. The van der Waals surface area contributed by atoms with Gasteiger partial charge in [0.2, 0.25) is 0 Å². The Hall–Kier alpha value is -1.65. The van der Waals surface area contributed by atoms with E-state index in [1.54, 1.807) is 20.4 Å². The van der Waals surface area contributed by atoms with Crippen LogP contribution in [-0.2, 0) is 9.47 Å². The third-order valence-electron chi connectivity index (χ3n) is 2.90. The molecule has 0 fully saturated rings. The average Bonchev–Trinajstić information content (AvgIpc) is 2.40.